The Morgan fingerprint density at radius 3 is 2.32 bits per heavy atom. The van der Waals surface area contributed by atoms with Crippen molar-refractivity contribution in [1.29, 1.82) is 0 Å². The lowest BCUT2D eigenvalue weighted by molar-refractivity contribution is -0.139. The highest BCUT2D eigenvalue weighted by molar-refractivity contribution is 7.90. The minimum absolute atomic E-state index is 0.0637. The number of hydrogen-bond donors (Lipinski definition) is 4. The third kappa shape index (κ3) is 8.44. The van der Waals surface area contributed by atoms with Crippen LogP contribution in [0.25, 0.3) is 0 Å². The van der Waals surface area contributed by atoms with Crippen LogP contribution in [0.15, 0.2) is 22.0 Å². The fourth-order valence-corrected chi connectivity index (χ4v) is 4.26. The van der Waals surface area contributed by atoms with Gasteiger partial charge in [0.05, 0.1) is 4.90 Å². The number of carboxylic acids is 1. The van der Waals surface area contributed by atoms with Gasteiger partial charge in [0.15, 0.2) is 0 Å². The van der Waals surface area contributed by atoms with E-state index in [2.05, 4.69) is 15.0 Å². The third-order valence-corrected chi connectivity index (χ3v) is 5.95. The number of aryl methyl sites for hydroxylation is 2. The second-order valence-corrected chi connectivity index (χ2v) is 9.82. The van der Waals surface area contributed by atoms with Gasteiger partial charge in [-0.05, 0) is 71.1 Å². The number of nitrogens with one attached hydrogen (secondary N) is 2. The second-order valence-electron chi connectivity index (χ2n) is 8.21. The Labute approximate surface area is 183 Å². The van der Waals surface area contributed by atoms with Crippen LogP contribution in [0.3, 0.4) is 0 Å². The number of guanidine groups is 1. The highest BCUT2D eigenvalue weighted by Gasteiger charge is 2.24. The van der Waals surface area contributed by atoms with Crippen molar-refractivity contribution in [2.75, 3.05) is 6.54 Å². The van der Waals surface area contributed by atoms with Crippen molar-refractivity contribution >= 4 is 28.0 Å². The van der Waals surface area contributed by atoms with Gasteiger partial charge in [0.25, 0.3) is 10.0 Å². The first-order valence-corrected chi connectivity index (χ1v) is 11.2. The molecule has 10 nitrogen and oxygen atoms in total. The van der Waals surface area contributed by atoms with Crippen LogP contribution in [-0.2, 0) is 19.6 Å². The number of carbonyl (C=O) groups excluding carboxylic acids is 1. The molecule has 0 fully saturated rings. The molecule has 0 heterocycles. The normalized spacial score (nSPS) is 13.4. The summed E-state index contributed by atoms with van der Waals surface area (Å²) in [6.07, 6.45) is -0.522. The zero-order valence-electron chi connectivity index (χ0n) is 18.8. The second kappa shape index (κ2) is 10.5. The van der Waals surface area contributed by atoms with E-state index in [1.54, 1.807) is 40.7 Å². The van der Waals surface area contributed by atoms with Crippen molar-refractivity contribution in [3.05, 3.63) is 28.8 Å². The van der Waals surface area contributed by atoms with Crippen LogP contribution in [0, 0.1) is 20.8 Å². The smallest absolute Gasteiger partial charge is 0.408 e. The summed E-state index contributed by atoms with van der Waals surface area (Å²) in [4.78, 5) is 27.2. The van der Waals surface area contributed by atoms with Crippen molar-refractivity contribution in [2.24, 2.45) is 10.7 Å². The molecule has 0 aromatic heterocycles. The van der Waals surface area contributed by atoms with Crippen LogP contribution in [-0.4, -0.2) is 49.7 Å². The minimum atomic E-state index is -3.92. The fraction of sp³-hybridized carbons (Fsp3) is 0.550. The molecular formula is C20H32N4O6S. The summed E-state index contributed by atoms with van der Waals surface area (Å²) in [7, 11) is -3.92. The van der Waals surface area contributed by atoms with E-state index in [9.17, 15) is 23.1 Å². The largest absolute Gasteiger partial charge is 0.480 e. The summed E-state index contributed by atoms with van der Waals surface area (Å²) >= 11 is 0. The molecule has 5 N–H and O–H groups in total. The number of ether oxygens (including phenoxy) is 1. The SMILES string of the molecule is Cc1ccc(C)c(S(=O)(=O)NC(N)=NCCCC(NC(=O)OC(C)(C)C)C(=O)O)c1C. The molecule has 1 aromatic rings. The van der Waals surface area contributed by atoms with Crippen molar-refractivity contribution in [2.45, 2.75) is 70.9 Å². The Kier molecular flexibility index (Phi) is 8.85. The summed E-state index contributed by atoms with van der Waals surface area (Å²) in [6, 6.07) is 2.39. The van der Waals surface area contributed by atoms with Gasteiger partial charge in [-0.25, -0.2) is 22.7 Å². The van der Waals surface area contributed by atoms with Crippen molar-refractivity contribution in [3.63, 3.8) is 0 Å². The molecule has 1 amide bonds. The maximum absolute atomic E-state index is 12.7. The van der Waals surface area contributed by atoms with Crippen LogP contribution in [0.4, 0.5) is 4.79 Å². The summed E-state index contributed by atoms with van der Waals surface area (Å²) < 4.78 is 32.7. The summed E-state index contributed by atoms with van der Waals surface area (Å²) in [5, 5.41) is 11.5. The van der Waals surface area contributed by atoms with Crippen LogP contribution in [0.1, 0.15) is 50.3 Å². The van der Waals surface area contributed by atoms with Gasteiger partial charge in [0.1, 0.15) is 11.6 Å². The Balaban J connectivity index is 2.71. The van der Waals surface area contributed by atoms with Crippen LogP contribution < -0.4 is 15.8 Å². The maximum Gasteiger partial charge on any atom is 0.408 e. The molecule has 0 saturated carbocycles. The highest BCUT2D eigenvalue weighted by atomic mass is 32.2. The average molecular weight is 457 g/mol. The van der Waals surface area contributed by atoms with E-state index >= 15 is 0 Å². The molecule has 0 aliphatic rings. The number of carbonyl (C=O) groups is 2. The molecule has 0 aliphatic carbocycles. The number of rotatable bonds is 8. The van der Waals surface area contributed by atoms with Crippen LogP contribution >= 0.6 is 0 Å². The van der Waals surface area contributed by atoms with Gasteiger partial charge in [-0.3, -0.25) is 4.99 Å². The lowest BCUT2D eigenvalue weighted by atomic mass is 10.1. The zero-order chi connectivity index (χ0) is 24.0. The first kappa shape index (κ1) is 26.2. The molecule has 1 rings (SSSR count). The lowest BCUT2D eigenvalue weighted by Crippen LogP contribution is -2.43. The lowest BCUT2D eigenvalue weighted by Gasteiger charge is -2.21. The minimum Gasteiger partial charge on any atom is -0.480 e. The molecule has 31 heavy (non-hydrogen) atoms. The van der Waals surface area contributed by atoms with Gasteiger partial charge in [0.2, 0.25) is 5.96 Å². The van der Waals surface area contributed by atoms with E-state index < -0.39 is 33.7 Å². The first-order chi connectivity index (χ1) is 14.1. The number of aliphatic carboxylic acids is 1. The molecule has 174 valence electrons. The quantitative estimate of drug-likeness (QED) is 0.264. The summed E-state index contributed by atoms with van der Waals surface area (Å²) in [5.74, 6) is -1.51. The zero-order valence-corrected chi connectivity index (χ0v) is 19.6. The van der Waals surface area contributed by atoms with Gasteiger partial charge in [-0.1, -0.05) is 12.1 Å². The van der Waals surface area contributed by atoms with E-state index in [-0.39, 0.29) is 30.2 Å². The molecule has 0 aliphatic heterocycles. The number of carboxylic acid groups (broad SMARTS) is 1. The van der Waals surface area contributed by atoms with E-state index in [0.29, 0.717) is 11.1 Å². The monoisotopic (exact) mass is 456 g/mol. The number of aliphatic imine (C=N–C) groups is 1. The maximum atomic E-state index is 12.7. The molecule has 1 unspecified atom stereocenters. The van der Waals surface area contributed by atoms with E-state index in [4.69, 9.17) is 10.5 Å². The molecule has 0 spiro atoms. The Hall–Kier alpha value is -2.82. The number of amides is 1. The standard InChI is InChI=1S/C20H32N4O6S/c1-12-9-10-13(2)16(14(12)3)31(28,29)24-18(21)22-11-7-8-15(17(25)26)23-19(27)30-20(4,5)6/h9-10,15H,7-8,11H2,1-6H3,(H,23,27)(H,25,26)(H3,21,22,24). The van der Waals surface area contributed by atoms with E-state index in [0.717, 1.165) is 5.56 Å². The van der Waals surface area contributed by atoms with Crippen molar-refractivity contribution in [1.82, 2.24) is 10.0 Å². The molecular weight excluding hydrogens is 424 g/mol. The van der Waals surface area contributed by atoms with Crippen LogP contribution in [0.5, 0.6) is 0 Å². The predicted octanol–water partition coefficient (Wildman–Crippen LogP) is 1.96. The van der Waals surface area contributed by atoms with Gasteiger partial charge in [-0.15, -0.1) is 0 Å². The molecule has 1 aromatic carbocycles. The predicted molar refractivity (Wildman–Crippen MR) is 117 cm³/mol. The number of hydrogen-bond acceptors (Lipinski definition) is 6. The molecule has 1 atom stereocenters. The number of nitrogens with two attached hydrogens (primary N) is 1. The highest BCUT2D eigenvalue weighted by Crippen LogP contribution is 2.22. The Bertz CT molecular complexity index is 951. The summed E-state index contributed by atoms with van der Waals surface area (Å²) in [6.45, 7) is 10.3. The topological polar surface area (TPSA) is 160 Å². The number of benzene rings is 1. The third-order valence-electron chi connectivity index (χ3n) is 4.30. The van der Waals surface area contributed by atoms with Gasteiger partial charge < -0.3 is 20.9 Å². The average Bonchev–Trinajstić information content (AvgIpc) is 2.58. The Morgan fingerprint density at radius 1 is 1.19 bits per heavy atom. The number of nitrogens with zero attached hydrogens (tertiary/aromatic N) is 1. The van der Waals surface area contributed by atoms with E-state index in [1.165, 1.54) is 0 Å². The van der Waals surface area contributed by atoms with Gasteiger partial charge >= 0.3 is 12.1 Å². The first-order valence-electron chi connectivity index (χ1n) is 9.76. The summed E-state index contributed by atoms with van der Waals surface area (Å²) in [5.41, 5.74) is 7.00. The number of alkyl carbamates (subject to hydrolysis) is 1. The number of sulfonamides is 1. The molecule has 11 heteroatoms. The fourth-order valence-electron chi connectivity index (χ4n) is 2.76. The van der Waals surface area contributed by atoms with E-state index in [1.807, 2.05) is 13.0 Å². The van der Waals surface area contributed by atoms with Gasteiger partial charge in [-0.2, -0.15) is 0 Å². The Morgan fingerprint density at radius 2 is 1.77 bits per heavy atom. The van der Waals surface area contributed by atoms with Crippen molar-refractivity contribution in [3.8, 4) is 0 Å². The molecule has 0 bridgehead atoms. The molecule has 0 radical (unpaired) electrons. The van der Waals surface area contributed by atoms with Crippen molar-refractivity contribution < 1.29 is 27.9 Å². The molecule has 0 saturated heterocycles. The van der Waals surface area contributed by atoms with Gasteiger partial charge in [0, 0.05) is 6.54 Å². The van der Waals surface area contributed by atoms with Crippen LogP contribution in [0.2, 0.25) is 0 Å².